The average Bonchev–Trinajstić information content (AvgIpc) is 2.71. The fourth-order valence-corrected chi connectivity index (χ4v) is 5.12. The number of ether oxygens (including phenoxy) is 1. The van der Waals surface area contributed by atoms with Crippen LogP contribution in [0.15, 0.2) is 40.1 Å². The minimum Gasteiger partial charge on any atom is -0.612 e. The number of benzene rings is 2. The molecule has 2 unspecified atom stereocenters. The second-order valence-corrected chi connectivity index (χ2v) is 9.27. The van der Waals surface area contributed by atoms with E-state index < -0.39 is 23.0 Å². The summed E-state index contributed by atoms with van der Waals surface area (Å²) in [5.74, 6) is -0.912. The summed E-state index contributed by atoms with van der Waals surface area (Å²) >= 11 is -0.267. The molecule has 2 heterocycles. The van der Waals surface area contributed by atoms with Crippen LogP contribution in [0, 0.1) is 5.82 Å². The number of rotatable bonds is 2. The molecule has 0 saturated carbocycles. The fourth-order valence-electron chi connectivity index (χ4n) is 3.71. The quantitative estimate of drug-likeness (QED) is 0.541. The summed E-state index contributed by atoms with van der Waals surface area (Å²) in [5, 5.41) is 9.30. The molecular weight excluding hydrogens is 415 g/mol. The van der Waals surface area contributed by atoms with Crippen LogP contribution in [0.1, 0.15) is 29.6 Å². The second-order valence-electron chi connectivity index (χ2n) is 7.08. The standard InChI is InChI=1S/C20H21FN2O4S2/c1-29(26)19-10-15-16(9-14(19)21)23-7-3-2-4-13(23)11-27-17-6-5-12(20(24)25)8-18(17)28-22-15/h5-6,8-10,13,22H,2-4,7,11H2,1H3,(H,24,25). The Hall–Kier alpha value is -2.10. The lowest BCUT2D eigenvalue weighted by Crippen LogP contribution is -2.43. The zero-order chi connectivity index (χ0) is 20.5. The maximum Gasteiger partial charge on any atom is 0.335 e. The Kier molecular flexibility index (Phi) is 5.80. The van der Waals surface area contributed by atoms with Crippen molar-refractivity contribution in [2.24, 2.45) is 0 Å². The molecule has 0 aromatic heterocycles. The van der Waals surface area contributed by atoms with Gasteiger partial charge in [-0.25, -0.2) is 9.18 Å². The van der Waals surface area contributed by atoms with Crippen molar-refractivity contribution in [3.8, 4) is 5.75 Å². The number of halogens is 1. The van der Waals surface area contributed by atoms with Crippen LogP contribution < -0.4 is 14.4 Å². The second kappa shape index (κ2) is 8.33. The summed E-state index contributed by atoms with van der Waals surface area (Å²) in [4.78, 5) is 14.3. The van der Waals surface area contributed by atoms with Gasteiger partial charge in [0.2, 0.25) is 0 Å². The van der Waals surface area contributed by atoms with Crippen LogP contribution in [0.4, 0.5) is 15.8 Å². The summed E-state index contributed by atoms with van der Waals surface area (Å²) in [5.41, 5.74) is 1.52. The number of fused-ring (bicyclic) bond motifs is 4. The number of anilines is 2. The lowest BCUT2D eigenvalue weighted by molar-refractivity contribution is 0.0696. The van der Waals surface area contributed by atoms with Crippen LogP contribution >= 0.6 is 11.9 Å². The number of carboxylic acids is 1. The molecular formula is C20H21FN2O4S2. The number of hydrogen-bond acceptors (Lipinski definition) is 6. The predicted molar refractivity (Wildman–Crippen MR) is 112 cm³/mol. The molecule has 9 heteroatoms. The molecule has 4 rings (SSSR count). The summed E-state index contributed by atoms with van der Waals surface area (Å²) in [7, 11) is 0. The van der Waals surface area contributed by atoms with Crippen LogP contribution in [-0.4, -0.2) is 41.1 Å². The predicted octanol–water partition coefficient (Wildman–Crippen LogP) is 4.13. The number of carboxylic acid groups (broad SMARTS) is 1. The van der Waals surface area contributed by atoms with Gasteiger partial charge in [0.25, 0.3) is 0 Å². The molecule has 2 atom stereocenters. The monoisotopic (exact) mass is 436 g/mol. The third-order valence-corrected chi connectivity index (χ3v) is 6.98. The highest BCUT2D eigenvalue weighted by atomic mass is 32.2. The third-order valence-electron chi connectivity index (χ3n) is 5.19. The van der Waals surface area contributed by atoms with E-state index in [0.717, 1.165) is 25.8 Å². The highest BCUT2D eigenvalue weighted by Gasteiger charge is 2.29. The Labute approximate surface area is 175 Å². The van der Waals surface area contributed by atoms with Gasteiger partial charge in [-0.3, -0.25) is 0 Å². The Morgan fingerprint density at radius 1 is 1.38 bits per heavy atom. The number of nitrogens with zero attached hydrogens (tertiary/aromatic N) is 1. The first kappa shape index (κ1) is 20.2. The molecule has 1 fully saturated rings. The van der Waals surface area contributed by atoms with E-state index in [4.69, 9.17) is 4.74 Å². The molecule has 0 amide bonds. The van der Waals surface area contributed by atoms with E-state index in [9.17, 15) is 18.8 Å². The molecule has 154 valence electrons. The van der Waals surface area contributed by atoms with Gasteiger partial charge < -0.3 is 24.0 Å². The normalized spacial score (nSPS) is 19.7. The first-order valence-electron chi connectivity index (χ1n) is 9.30. The van der Waals surface area contributed by atoms with E-state index in [1.54, 1.807) is 18.2 Å². The van der Waals surface area contributed by atoms with Crippen LogP contribution in [-0.2, 0) is 11.2 Å². The molecule has 29 heavy (non-hydrogen) atoms. The van der Waals surface area contributed by atoms with Crippen molar-refractivity contribution in [2.75, 3.05) is 29.0 Å². The Balaban J connectivity index is 1.79. The molecule has 6 nitrogen and oxygen atoms in total. The largest absolute Gasteiger partial charge is 0.612 e. The molecule has 2 aliphatic rings. The lowest BCUT2D eigenvalue weighted by atomic mass is 10.0. The molecule has 0 radical (unpaired) electrons. The van der Waals surface area contributed by atoms with Gasteiger partial charge >= 0.3 is 5.97 Å². The zero-order valence-electron chi connectivity index (χ0n) is 15.8. The van der Waals surface area contributed by atoms with Crippen molar-refractivity contribution in [3.63, 3.8) is 0 Å². The van der Waals surface area contributed by atoms with E-state index in [-0.39, 0.29) is 16.5 Å². The van der Waals surface area contributed by atoms with Crippen molar-refractivity contribution in [3.05, 3.63) is 41.7 Å². The van der Waals surface area contributed by atoms with Crippen molar-refractivity contribution in [1.29, 1.82) is 0 Å². The summed E-state index contributed by atoms with van der Waals surface area (Å²) < 4.78 is 35.8. The smallest absolute Gasteiger partial charge is 0.335 e. The van der Waals surface area contributed by atoms with Gasteiger partial charge in [-0.2, -0.15) is 0 Å². The van der Waals surface area contributed by atoms with Gasteiger partial charge in [-0.1, -0.05) is 0 Å². The number of nitrogens with one attached hydrogen (secondary N) is 1. The van der Waals surface area contributed by atoms with Crippen molar-refractivity contribution in [2.45, 2.75) is 35.1 Å². The van der Waals surface area contributed by atoms with E-state index in [1.807, 2.05) is 0 Å². The molecule has 1 saturated heterocycles. The van der Waals surface area contributed by atoms with Gasteiger partial charge in [-0.15, -0.1) is 0 Å². The number of aromatic carboxylic acids is 1. The molecule has 2 aromatic rings. The third kappa shape index (κ3) is 4.12. The first-order valence-corrected chi connectivity index (χ1v) is 11.7. The van der Waals surface area contributed by atoms with Crippen molar-refractivity contribution in [1.82, 2.24) is 0 Å². The highest BCUT2D eigenvalue weighted by Crippen LogP contribution is 2.40. The molecule has 0 aliphatic carbocycles. The van der Waals surface area contributed by atoms with E-state index >= 15 is 0 Å². The average molecular weight is 437 g/mol. The highest BCUT2D eigenvalue weighted by molar-refractivity contribution is 8.00. The van der Waals surface area contributed by atoms with Crippen molar-refractivity contribution < 1.29 is 23.6 Å². The Morgan fingerprint density at radius 2 is 2.21 bits per heavy atom. The van der Waals surface area contributed by atoms with Crippen LogP contribution in [0.2, 0.25) is 0 Å². The fraction of sp³-hybridized carbons (Fsp3) is 0.350. The van der Waals surface area contributed by atoms with Crippen molar-refractivity contribution >= 4 is 40.5 Å². The number of carbonyl (C=O) groups is 1. The van der Waals surface area contributed by atoms with Gasteiger partial charge in [0.1, 0.15) is 18.6 Å². The van der Waals surface area contributed by atoms with E-state index in [2.05, 4.69) is 9.62 Å². The molecule has 0 spiro atoms. The molecule has 2 aliphatic heterocycles. The Morgan fingerprint density at radius 3 is 2.97 bits per heavy atom. The molecule has 0 bridgehead atoms. The summed E-state index contributed by atoms with van der Waals surface area (Å²) in [6, 6.07) is 7.83. The van der Waals surface area contributed by atoms with Gasteiger partial charge in [-0.05, 0) is 60.6 Å². The lowest BCUT2D eigenvalue weighted by Gasteiger charge is -2.39. The first-order chi connectivity index (χ1) is 13.9. The summed E-state index contributed by atoms with van der Waals surface area (Å²) in [6.45, 7) is 1.20. The van der Waals surface area contributed by atoms with Crippen LogP contribution in [0.25, 0.3) is 0 Å². The van der Waals surface area contributed by atoms with E-state index in [0.29, 0.717) is 28.6 Å². The maximum absolute atomic E-state index is 14.6. The number of piperidine rings is 1. The van der Waals surface area contributed by atoms with Crippen LogP contribution in [0.5, 0.6) is 5.75 Å². The topological polar surface area (TPSA) is 84.9 Å². The molecule has 2 aromatic carbocycles. The minimum absolute atomic E-state index is 0.0665. The zero-order valence-corrected chi connectivity index (χ0v) is 17.4. The SMILES string of the molecule is C[S+]([O-])c1cc2c(cc1F)N1CCCCC1COc1ccc(C(=O)O)cc1SN2. The van der Waals surface area contributed by atoms with E-state index in [1.165, 1.54) is 30.3 Å². The number of hydrogen-bond donors (Lipinski definition) is 2. The minimum atomic E-state index is -1.47. The summed E-state index contributed by atoms with van der Waals surface area (Å²) in [6.07, 6.45) is 4.43. The van der Waals surface area contributed by atoms with Gasteiger partial charge in [0.05, 0.1) is 27.9 Å². The van der Waals surface area contributed by atoms with Gasteiger partial charge in [0.15, 0.2) is 10.7 Å². The maximum atomic E-state index is 14.6. The molecule has 2 N–H and O–H groups in total. The Bertz CT molecular complexity index is 941. The van der Waals surface area contributed by atoms with Gasteiger partial charge in [0, 0.05) is 18.7 Å². The van der Waals surface area contributed by atoms with Crippen LogP contribution in [0.3, 0.4) is 0 Å².